The van der Waals surface area contributed by atoms with Gasteiger partial charge in [0.05, 0.1) is 0 Å². The zero-order valence-electron chi connectivity index (χ0n) is 14.8. The standard InChI is InChI=1S/C21H20BrNO4/c22-17-3-1-2-16(12-17)21(25)23-8-6-14(7-9-23)20(24)15-4-5-18-19(13-15)27-11-10-26-18/h1-5,12-14H,6-11H2. The van der Waals surface area contributed by atoms with Crippen molar-refractivity contribution in [2.45, 2.75) is 12.8 Å². The first kappa shape index (κ1) is 18.0. The maximum absolute atomic E-state index is 12.9. The van der Waals surface area contributed by atoms with Crippen LogP contribution in [0.5, 0.6) is 11.5 Å². The van der Waals surface area contributed by atoms with Gasteiger partial charge in [-0.25, -0.2) is 0 Å². The lowest BCUT2D eigenvalue weighted by atomic mass is 9.88. The number of Topliss-reactive ketones (excluding diaryl/α,β-unsaturated/α-hetero) is 1. The summed E-state index contributed by atoms with van der Waals surface area (Å²) in [5.74, 6) is 1.38. The molecule has 2 aliphatic heterocycles. The lowest BCUT2D eigenvalue weighted by Crippen LogP contribution is -2.40. The van der Waals surface area contributed by atoms with Crippen LogP contribution in [0, 0.1) is 5.92 Å². The Morgan fingerprint density at radius 2 is 1.67 bits per heavy atom. The van der Waals surface area contributed by atoms with Gasteiger partial charge in [0, 0.05) is 34.6 Å². The predicted molar refractivity (Wildman–Crippen MR) is 105 cm³/mol. The Hall–Kier alpha value is -2.34. The van der Waals surface area contributed by atoms with Gasteiger partial charge in [0.15, 0.2) is 17.3 Å². The minimum atomic E-state index is -0.0703. The molecule has 0 unspecified atom stereocenters. The summed E-state index contributed by atoms with van der Waals surface area (Å²) in [4.78, 5) is 27.3. The zero-order valence-corrected chi connectivity index (χ0v) is 16.4. The summed E-state index contributed by atoms with van der Waals surface area (Å²) in [6.45, 7) is 2.21. The van der Waals surface area contributed by atoms with Crippen molar-refractivity contribution in [2.75, 3.05) is 26.3 Å². The Bertz CT molecular complexity index is 874. The second kappa shape index (κ2) is 7.72. The van der Waals surface area contributed by atoms with Crippen LogP contribution in [0.2, 0.25) is 0 Å². The van der Waals surface area contributed by atoms with E-state index < -0.39 is 0 Å². The van der Waals surface area contributed by atoms with Crippen LogP contribution in [0.3, 0.4) is 0 Å². The molecule has 5 nitrogen and oxygen atoms in total. The summed E-state index contributed by atoms with van der Waals surface area (Å²) in [6.07, 6.45) is 1.35. The van der Waals surface area contributed by atoms with E-state index in [1.807, 2.05) is 29.2 Å². The van der Waals surface area contributed by atoms with Crippen LogP contribution in [-0.2, 0) is 0 Å². The third-order valence-electron chi connectivity index (χ3n) is 5.05. The highest BCUT2D eigenvalue weighted by molar-refractivity contribution is 9.10. The second-order valence-corrected chi connectivity index (χ2v) is 7.72. The van der Waals surface area contributed by atoms with Gasteiger partial charge < -0.3 is 14.4 Å². The number of amides is 1. The lowest BCUT2D eigenvalue weighted by molar-refractivity contribution is 0.0650. The van der Waals surface area contributed by atoms with E-state index in [0.29, 0.717) is 61.8 Å². The van der Waals surface area contributed by atoms with Crippen LogP contribution in [0.25, 0.3) is 0 Å². The van der Waals surface area contributed by atoms with Crippen LogP contribution in [0.1, 0.15) is 33.6 Å². The van der Waals surface area contributed by atoms with Crippen molar-refractivity contribution >= 4 is 27.6 Å². The molecule has 0 aliphatic carbocycles. The summed E-state index contributed by atoms with van der Waals surface area (Å²) in [6, 6.07) is 12.8. The van der Waals surface area contributed by atoms with E-state index >= 15 is 0 Å². The number of carbonyl (C=O) groups is 2. The number of rotatable bonds is 3. The minimum Gasteiger partial charge on any atom is -0.486 e. The molecule has 1 amide bonds. The quantitative estimate of drug-likeness (QED) is 0.692. The number of hydrogen-bond donors (Lipinski definition) is 0. The first-order valence-corrected chi connectivity index (χ1v) is 9.90. The molecule has 0 saturated carbocycles. The number of likely N-dealkylation sites (tertiary alicyclic amines) is 1. The van der Waals surface area contributed by atoms with Gasteiger partial charge in [-0.15, -0.1) is 0 Å². The van der Waals surface area contributed by atoms with E-state index in [0.717, 1.165) is 4.47 Å². The number of halogens is 1. The van der Waals surface area contributed by atoms with Crippen LogP contribution in [0.4, 0.5) is 0 Å². The number of fused-ring (bicyclic) bond motifs is 1. The van der Waals surface area contributed by atoms with Gasteiger partial charge in [0.1, 0.15) is 13.2 Å². The van der Waals surface area contributed by atoms with Gasteiger partial charge in [0.25, 0.3) is 5.91 Å². The average Bonchev–Trinajstić information content (AvgIpc) is 2.72. The smallest absolute Gasteiger partial charge is 0.253 e. The highest BCUT2D eigenvalue weighted by Crippen LogP contribution is 2.32. The van der Waals surface area contributed by atoms with Gasteiger partial charge in [-0.3, -0.25) is 9.59 Å². The van der Waals surface area contributed by atoms with Crippen LogP contribution in [0.15, 0.2) is 46.9 Å². The number of carbonyl (C=O) groups excluding carboxylic acids is 2. The lowest BCUT2D eigenvalue weighted by Gasteiger charge is -2.31. The van der Waals surface area contributed by atoms with Crippen LogP contribution < -0.4 is 9.47 Å². The Kier molecular flexibility index (Phi) is 5.16. The fourth-order valence-corrected chi connectivity index (χ4v) is 3.98. The molecule has 2 aromatic rings. The summed E-state index contributed by atoms with van der Waals surface area (Å²) < 4.78 is 12.0. The average molecular weight is 430 g/mol. The van der Waals surface area contributed by atoms with Crippen molar-refractivity contribution < 1.29 is 19.1 Å². The number of benzene rings is 2. The number of ether oxygens (including phenoxy) is 2. The number of nitrogens with zero attached hydrogens (tertiary/aromatic N) is 1. The Labute approximate surface area is 166 Å². The van der Waals surface area contributed by atoms with E-state index in [4.69, 9.17) is 9.47 Å². The third kappa shape index (κ3) is 3.86. The fourth-order valence-electron chi connectivity index (χ4n) is 3.58. The molecule has 4 rings (SSSR count). The van der Waals surface area contributed by atoms with Crippen molar-refractivity contribution in [3.63, 3.8) is 0 Å². The molecule has 0 spiro atoms. The molecule has 27 heavy (non-hydrogen) atoms. The first-order valence-electron chi connectivity index (χ1n) is 9.10. The Balaban J connectivity index is 1.40. The van der Waals surface area contributed by atoms with E-state index in [2.05, 4.69) is 15.9 Å². The van der Waals surface area contributed by atoms with E-state index in [-0.39, 0.29) is 17.6 Å². The number of ketones is 1. The second-order valence-electron chi connectivity index (χ2n) is 6.80. The normalized spacial score (nSPS) is 16.9. The predicted octanol–water partition coefficient (Wildman–Crippen LogP) is 3.96. The summed E-state index contributed by atoms with van der Waals surface area (Å²) in [5.41, 5.74) is 1.32. The summed E-state index contributed by atoms with van der Waals surface area (Å²) in [5, 5.41) is 0. The van der Waals surface area contributed by atoms with Crippen molar-refractivity contribution in [3.05, 3.63) is 58.1 Å². The minimum absolute atomic E-state index is 0.0153. The third-order valence-corrected chi connectivity index (χ3v) is 5.54. The van der Waals surface area contributed by atoms with E-state index in [1.54, 1.807) is 18.2 Å². The zero-order chi connectivity index (χ0) is 18.8. The topological polar surface area (TPSA) is 55.8 Å². The molecule has 0 N–H and O–H groups in total. The first-order chi connectivity index (χ1) is 13.1. The highest BCUT2D eigenvalue weighted by atomic mass is 79.9. The molecule has 140 valence electrons. The van der Waals surface area contributed by atoms with Crippen molar-refractivity contribution in [3.8, 4) is 11.5 Å². The number of piperidine rings is 1. The van der Waals surface area contributed by atoms with Gasteiger partial charge in [-0.05, 0) is 49.2 Å². The molecule has 0 atom stereocenters. The monoisotopic (exact) mass is 429 g/mol. The molecule has 6 heteroatoms. The largest absolute Gasteiger partial charge is 0.486 e. The fraction of sp³-hybridized carbons (Fsp3) is 0.333. The molecule has 2 aliphatic rings. The highest BCUT2D eigenvalue weighted by Gasteiger charge is 2.29. The van der Waals surface area contributed by atoms with E-state index in [9.17, 15) is 9.59 Å². The molecule has 2 heterocycles. The van der Waals surface area contributed by atoms with Crippen molar-refractivity contribution in [1.29, 1.82) is 0 Å². The van der Waals surface area contributed by atoms with Gasteiger partial charge in [-0.1, -0.05) is 22.0 Å². The molecular formula is C21H20BrNO4. The molecule has 1 saturated heterocycles. The van der Waals surface area contributed by atoms with E-state index in [1.165, 1.54) is 0 Å². The molecule has 0 bridgehead atoms. The molecule has 2 aromatic carbocycles. The van der Waals surface area contributed by atoms with Gasteiger partial charge in [-0.2, -0.15) is 0 Å². The van der Waals surface area contributed by atoms with Gasteiger partial charge in [0.2, 0.25) is 0 Å². The van der Waals surface area contributed by atoms with Crippen molar-refractivity contribution in [2.24, 2.45) is 5.92 Å². The van der Waals surface area contributed by atoms with Crippen LogP contribution in [-0.4, -0.2) is 42.9 Å². The maximum Gasteiger partial charge on any atom is 0.253 e. The molecule has 0 radical (unpaired) electrons. The van der Waals surface area contributed by atoms with Crippen LogP contribution >= 0.6 is 15.9 Å². The maximum atomic E-state index is 12.9. The Morgan fingerprint density at radius 1 is 0.926 bits per heavy atom. The SMILES string of the molecule is O=C(c1ccc2c(c1)OCCO2)C1CCN(C(=O)c2cccc(Br)c2)CC1. The summed E-state index contributed by atoms with van der Waals surface area (Å²) in [7, 11) is 0. The van der Waals surface area contributed by atoms with Gasteiger partial charge >= 0.3 is 0 Å². The molecular weight excluding hydrogens is 410 g/mol. The molecule has 0 aromatic heterocycles. The number of hydrogen-bond acceptors (Lipinski definition) is 4. The summed E-state index contributed by atoms with van der Waals surface area (Å²) >= 11 is 3.40. The molecule has 1 fully saturated rings. The van der Waals surface area contributed by atoms with Crippen molar-refractivity contribution in [1.82, 2.24) is 4.90 Å². The Morgan fingerprint density at radius 3 is 2.41 bits per heavy atom.